The van der Waals surface area contributed by atoms with E-state index < -0.39 is 23.1 Å². The molecule has 1 aromatic heterocycles. The maximum absolute atomic E-state index is 12.3. The second kappa shape index (κ2) is 4.02. The van der Waals surface area contributed by atoms with Gasteiger partial charge in [-0.05, 0) is 19.1 Å². The monoisotopic (exact) mass is 281 g/mol. The number of aromatic nitrogens is 1. The highest BCUT2D eigenvalue weighted by atomic mass is 32.1. The maximum Gasteiger partial charge on any atom is 0.405 e. The molecular formula is C7H5F6NS2. The van der Waals surface area contributed by atoms with Crippen molar-refractivity contribution in [1.82, 2.24) is 4.98 Å². The van der Waals surface area contributed by atoms with Crippen LogP contribution in [0.5, 0.6) is 0 Å². The van der Waals surface area contributed by atoms with Gasteiger partial charge in [-0.3, -0.25) is 0 Å². The summed E-state index contributed by atoms with van der Waals surface area (Å²) in [6.45, 7) is 1.13. The molecule has 0 unspecified atom stereocenters. The van der Waals surface area contributed by atoms with Crippen molar-refractivity contribution in [1.29, 1.82) is 0 Å². The number of H-pyrrole nitrogens is 1. The highest BCUT2D eigenvalue weighted by Crippen LogP contribution is 2.48. The minimum absolute atomic E-state index is 0.106. The molecule has 1 heterocycles. The Morgan fingerprint density at radius 2 is 1.56 bits per heavy atom. The second-order valence-electron chi connectivity index (χ2n) is 3.02. The van der Waals surface area contributed by atoms with Crippen LogP contribution in [0, 0.1) is 10.9 Å². The number of thiazole rings is 1. The lowest BCUT2D eigenvalue weighted by Crippen LogP contribution is -2.33. The molecule has 0 radical (unpaired) electrons. The van der Waals surface area contributed by atoms with Gasteiger partial charge in [0.05, 0.1) is 0 Å². The van der Waals surface area contributed by atoms with E-state index in [0.29, 0.717) is 11.3 Å². The fourth-order valence-corrected chi connectivity index (χ4v) is 2.59. The number of hydrogen-bond donors (Lipinski definition) is 1. The molecule has 0 aliphatic rings. The topological polar surface area (TPSA) is 15.8 Å². The number of rotatable bonds is 1. The Hall–Kier alpha value is -0.570. The SMILES string of the molecule is Cc1[nH]c(=S)sc1C(C(F)(F)F)C(F)(F)F. The quantitative estimate of drug-likeness (QED) is 0.598. The molecule has 1 N–H and O–H groups in total. The Morgan fingerprint density at radius 3 is 1.81 bits per heavy atom. The van der Waals surface area contributed by atoms with Crippen LogP contribution in [-0.2, 0) is 0 Å². The summed E-state index contributed by atoms with van der Waals surface area (Å²) >= 11 is 4.81. The van der Waals surface area contributed by atoms with E-state index >= 15 is 0 Å². The first-order valence-corrected chi connectivity index (χ1v) is 5.09. The van der Waals surface area contributed by atoms with Crippen molar-refractivity contribution in [3.8, 4) is 0 Å². The highest BCUT2D eigenvalue weighted by Gasteiger charge is 2.58. The lowest BCUT2D eigenvalue weighted by molar-refractivity contribution is -0.252. The molecule has 0 atom stereocenters. The van der Waals surface area contributed by atoms with Crippen molar-refractivity contribution in [2.45, 2.75) is 25.2 Å². The lowest BCUT2D eigenvalue weighted by Gasteiger charge is -2.22. The molecule has 0 aromatic carbocycles. The van der Waals surface area contributed by atoms with E-state index in [0.717, 1.165) is 6.92 Å². The largest absolute Gasteiger partial charge is 0.405 e. The van der Waals surface area contributed by atoms with Crippen molar-refractivity contribution < 1.29 is 26.3 Å². The van der Waals surface area contributed by atoms with Crippen LogP contribution in [0.15, 0.2) is 0 Å². The molecule has 0 saturated carbocycles. The Morgan fingerprint density at radius 1 is 1.12 bits per heavy atom. The summed E-state index contributed by atoms with van der Waals surface area (Å²) < 4.78 is 73.9. The minimum atomic E-state index is -5.37. The third kappa shape index (κ3) is 2.76. The molecule has 0 amide bonds. The molecular weight excluding hydrogens is 276 g/mol. The van der Waals surface area contributed by atoms with Crippen molar-refractivity contribution in [3.63, 3.8) is 0 Å². The van der Waals surface area contributed by atoms with Gasteiger partial charge in [-0.1, -0.05) is 0 Å². The number of alkyl halides is 6. The van der Waals surface area contributed by atoms with Gasteiger partial charge >= 0.3 is 12.4 Å². The second-order valence-corrected chi connectivity index (χ2v) is 4.74. The van der Waals surface area contributed by atoms with Crippen LogP contribution in [0.4, 0.5) is 26.3 Å². The summed E-state index contributed by atoms with van der Waals surface area (Å²) in [7, 11) is 0. The predicted molar refractivity (Wildman–Crippen MR) is 49.1 cm³/mol. The van der Waals surface area contributed by atoms with Crippen LogP contribution in [0.25, 0.3) is 0 Å². The van der Waals surface area contributed by atoms with E-state index in [9.17, 15) is 26.3 Å². The third-order valence-corrected chi connectivity index (χ3v) is 3.18. The predicted octanol–water partition coefficient (Wildman–Crippen LogP) is 4.32. The van der Waals surface area contributed by atoms with Gasteiger partial charge in [0.1, 0.15) is 0 Å². The molecule has 0 fully saturated rings. The van der Waals surface area contributed by atoms with E-state index in [4.69, 9.17) is 0 Å². The van der Waals surface area contributed by atoms with E-state index in [2.05, 4.69) is 17.2 Å². The van der Waals surface area contributed by atoms with Gasteiger partial charge in [0.25, 0.3) is 0 Å². The molecule has 1 aromatic rings. The molecule has 0 spiro atoms. The molecule has 16 heavy (non-hydrogen) atoms. The Labute approximate surface area is 95.1 Å². The fourth-order valence-electron chi connectivity index (χ4n) is 1.17. The van der Waals surface area contributed by atoms with Crippen molar-refractivity contribution >= 4 is 23.6 Å². The van der Waals surface area contributed by atoms with Gasteiger partial charge in [-0.2, -0.15) is 26.3 Å². The summed E-state index contributed by atoms with van der Waals surface area (Å²) in [6.07, 6.45) is -10.7. The van der Waals surface area contributed by atoms with Gasteiger partial charge < -0.3 is 4.98 Å². The average molecular weight is 281 g/mol. The van der Waals surface area contributed by atoms with Gasteiger partial charge in [-0.15, -0.1) is 11.3 Å². The Bertz CT molecular complexity index is 411. The lowest BCUT2D eigenvalue weighted by atomic mass is 10.1. The van der Waals surface area contributed by atoms with Crippen LogP contribution in [-0.4, -0.2) is 17.3 Å². The molecule has 0 aliphatic heterocycles. The normalized spacial score (nSPS) is 13.5. The van der Waals surface area contributed by atoms with Crippen molar-refractivity contribution in [2.75, 3.05) is 0 Å². The number of nitrogens with one attached hydrogen (secondary N) is 1. The van der Waals surface area contributed by atoms with Crippen molar-refractivity contribution in [2.24, 2.45) is 0 Å². The highest BCUT2D eigenvalue weighted by molar-refractivity contribution is 7.73. The zero-order valence-corrected chi connectivity index (χ0v) is 9.29. The van der Waals surface area contributed by atoms with Crippen molar-refractivity contribution in [3.05, 3.63) is 14.5 Å². The summed E-state index contributed by atoms with van der Waals surface area (Å²) in [5, 5.41) is 0. The van der Waals surface area contributed by atoms with Crippen LogP contribution in [0.2, 0.25) is 0 Å². The van der Waals surface area contributed by atoms with E-state index in [1.807, 2.05) is 0 Å². The van der Waals surface area contributed by atoms with Crippen LogP contribution < -0.4 is 0 Å². The minimum Gasteiger partial charge on any atom is -0.341 e. The van der Waals surface area contributed by atoms with Crippen LogP contribution in [0.3, 0.4) is 0 Å². The van der Waals surface area contributed by atoms with Gasteiger partial charge in [0, 0.05) is 10.6 Å². The smallest absolute Gasteiger partial charge is 0.341 e. The first-order chi connectivity index (χ1) is 7.03. The van der Waals surface area contributed by atoms with Gasteiger partial charge in [-0.25, -0.2) is 0 Å². The molecule has 0 aliphatic carbocycles. The first kappa shape index (κ1) is 13.5. The Kier molecular flexibility index (Phi) is 3.39. The van der Waals surface area contributed by atoms with Crippen LogP contribution >= 0.6 is 23.6 Å². The Balaban J connectivity index is 3.34. The van der Waals surface area contributed by atoms with E-state index in [1.54, 1.807) is 0 Å². The summed E-state index contributed by atoms with van der Waals surface area (Å²) in [4.78, 5) is 1.44. The molecule has 1 nitrogen and oxygen atoms in total. The molecule has 0 bridgehead atoms. The number of halogens is 6. The molecule has 1 rings (SSSR count). The van der Waals surface area contributed by atoms with Gasteiger partial charge in [0.15, 0.2) is 9.87 Å². The fraction of sp³-hybridized carbons (Fsp3) is 0.571. The zero-order chi connectivity index (χ0) is 12.7. The first-order valence-electron chi connectivity index (χ1n) is 3.86. The van der Waals surface area contributed by atoms with Gasteiger partial charge in [0.2, 0.25) is 0 Å². The summed E-state index contributed by atoms with van der Waals surface area (Å²) in [5.74, 6) is -3.47. The maximum atomic E-state index is 12.3. The number of hydrogen-bond acceptors (Lipinski definition) is 2. The molecule has 0 saturated heterocycles. The molecule has 9 heteroatoms. The average Bonchev–Trinajstić information content (AvgIpc) is 2.23. The number of aromatic amines is 1. The summed E-state index contributed by atoms with van der Waals surface area (Å²) in [5.41, 5.74) is -0.199. The standard InChI is InChI=1S/C7H5F6NS2/c1-2-3(16-5(15)14-2)4(6(8,9)10)7(11,12)13/h4H,1H3,(H,14,15). The number of aryl methyl sites for hydroxylation is 1. The zero-order valence-electron chi connectivity index (χ0n) is 7.66. The van der Waals surface area contributed by atoms with E-state index in [-0.39, 0.29) is 9.65 Å². The molecule has 92 valence electrons. The van der Waals surface area contributed by atoms with Crippen LogP contribution in [0.1, 0.15) is 16.5 Å². The van der Waals surface area contributed by atoms with E-state index in [1.165, 1.54) is 0 Å². The third-order valence-electron chi connectivity index (χ3n) is 1.78. The summed E-state index contributed by atoms with van der Waals surface area (Å²) in [6, 6.07) is 0.